The van der Waals surface area contributed by atoms with E-state index in [1.54, 1.807) is 0 Å². The van der Waals surface area contributed by atoms with Gasteiger partial charge < -0.3 is 10.6 Å². The first-order valence-corrected chi connectivity index (χ1v) is 9.81. The summed E-state index contributed by atoms with van der Waals surface area (Å²) in [7, 11) is 3.98. The molecule has 0 atom stereocenters. The molecule has 0 saturated carbocycles. The molecule has 4 heteroatoms. The molecular formula is C22H28N3S+. The first kappa shape index (κ1) is 19.9. The third-order valence-corrected chi connectivity index (χ3v) is 4.97. The predicted octanol–water partition coefficient (Wildman–Crippen LogP) is 4.41. The molecule has 0 saturated heterocycles. The molecule has 1 aromatic heterocycles. The van der Waals surface area contributed by atoms with E-state index in [9.17, 15) is 0 Å². The molecule has 3 nitrogen and oxygen atoms in total. The molecular weight excluding hydrogens is 338 g/mol. The molecule has 0 amide bonds. The Bertz CT molecular complexity index is 761. The largest absolute Gasteiger partial charge is 0.394 e. The van der Waals surface area contributed by atoms with Gasteiger partial charge in [0.25, 0.3) is 0 Å². The van der Waals surface area contributed by atoms with Crippen molar-refractivity contribution in [2.45, 2.75) is 11.9 Å². The van der Waals surface area contributed by atoms with Gasteiger partial charge in [0.2, 0.25) is 5.03 Å². The van der Waals surface area contributed by atoms with Crippen molar-refractivity contribution >= 4 is 23.5 Å². The van der Waals surface area contributed by atoms with Crippen molar-refractivity contribution in [3.8, 4) is 0 Å². The zero-order valence-corrected chi connectivity index (χ0v) is 16.6. The number of thioether (sulfide) groups is 1. The second-order valence-corrected chi connectivity index (χ2v) is 6.91. The number of aromatic nitrogens is 1. The summed E-state index contributed by atoms with van der Waals surface area (Å²) in [4.78, 5) is 0. The van der Waals surface area contributed by atoms with E-state index in [0.717, 1.165) is 18.0 Å². The lowest BCUT2D eigenvalue weighted by molar-refractivity contribution is -0.708. The summed E-state index contributed by atoms with van der Waals surface area (Å²) in [6.07, 6.45) is 12.4. The van der Waals surface area contributed by atoms with Crippen LogP contribution in [0, 0.1) is 0 Å². The molecule has 0 unspecified atom stereocenters. The fourth-order valence-corrected chi connectivity index (χ4v) is 3.19. The lowest BCUT2D eigenvalue weighted by atomic mass is 10.1. The van der Waals surface area contributed by atoms with E-state index in [-0.39, 0.29) is 0 Å². The van der Waals surface area contributed by atoms with Gasteiger partial charge in [0.05, 0.1) is 0 Å². The van der Waals surface area contributed by atoms with Gasteiger partial charge in [0.1, 0.15) is 7.05 Å². The minimum Gasteiger partial charge on any atom is -0.394 e. The van der Waals surface area contributed by atoms with E-state index in [4.69, 9.17) is 0 Å². The molecule has 0 fully saturated rings. The molecule has 26 heavy (non-hydrogen) atoms. The quantitative estimate of drug-likeness (QED) is 0.298. The Labute approximate surface area is 161 Å². The third kappa shape index (κ3) is 6.81. The highest BCUT2D eigenvalue weighted by atomic mass is 32.2. The monoisotopic (exact) mass is 366 g/mol. The highest BCUT2D eigenvalue weighted by Crippen LogP contribution is 2.14. The lowest BCUT2D eigenvalue weighted by Gasteiger charge is -2.06. The molecule has 2 aromatic rings. The van der Waals surface area contributed by atoms with Gasteiger partial charge in [0, 0.05) is 37.2 Å². The normalized spacial score (nSPS) is 12.0. The summed E-state index contributed by atoms with van der Waals surface area (Å²) in [5.41, 5.74) is 3.52. The minimum atomic E-state index is 0.937. The number of nitrogens with zero attached hydrogens (tertiary/aromatic N) is 1. The second kappa shape index (κ2) is 11.2. The highest BCUT2D eigenvalue weighted by molar-refractivity contribution is 7.99. The highest BCUT2D eigenvalue weighted by Gasteiger charge is 2.04. The maximum Gasteiger partial charge on any atom is 0.239 e. The van der Waals surface area contributed by atoms with Crippen molar-refractivity contribution in [1.29, 1.82) is 0 Å². The molecule has 0 bridgehead atoms. The number of hydrogen-bond donors (Lipinski definition) is 2. The van der Waals surface area contributed by atoms with Crippen molar-refractivity contribution in [3.05, 3.63) is 84.2 Å². The summed E-state index contributed by atoms with van der Waals surface area (Å²) in [5, 5.41) is 7.77. The Balaban J connectivity index is 1.80. The minimum absolute atomic E-state index is 0.937. The molecule has 1 aromatic carbocycles. The van der Waals surface area contributed by atoms with E-state index < -0.39 is 0 Å². The zero-order chi connectivity index (χ0) is 18.6. The van der Waals surface area contributed by atoms with Gasteiger partial charge in [0.15, 0.2) is 6.20 Å². The Morgan fingerprint density at radius 2 is 1.92 bits per heavy atom. The van der Waals surface area contributed by atoms with Crippen LogP contribution in [-0.2, 0) is 7.05 Å². The van der Waals surface area contributed by atoms with E-state index >= 15 is 0 Å². The first-order valence-electron chi connectivity index (χ1n) is 8.82. The molecule has 136 valence electrons. The van der Waals surface area contributed by atoms with Crippen molar-refractivity contribution in [1.82, 2.24) is 5.32 Å². The van der Waals surface area contributed by atoms with E-state index in [0.29, 0.717) is 0 Å². The van der Waals surface area contributed by atoms with Gasteiger partial charge >= 0.3 is 0 Å². The van der Waals surface area contributed by atoms with E-state index in [1.165, 1.54) is 16.2 Å². The SMILES string of the molecule is C/C=C(\C=C/NC)/C=C/c1ccc(NCCSc2cccc[n+]2C)cc1. The Morgan fingerprint density at radius 3 is 2.62 bits per heavy atom. The third-order valence-electron chi connectivity index (χ3n) is 3.84. The molecule has 1 heterocycles. The van der Waals surface area contributed by atoms with Gasteiger partial charge in [-0.15, -0.1) is 0 Å². The van der Waals surface area contributed by atoms with Crippen LogP contribution in [0.1, 0.15) is 12.5 Å². The van der Waals surface area contributed by atoms with Gasteiger partial charge in [-0.2, -0.15) is 4.57 Å². The van der Waals surface area contributed by atoms with E-state index in [1.807, 2.05) is 31.9 Å². The summed E-state index contributed by atoms with van der Waals surface area (Å²) in [6.45, 7) is 2.98. The standard InChI is InChI=1S/C22H28N3S/c1-4-19(14-15-23-2)8-9-20-10-12-21(13-11-20)24-16-18-26-22-7-5-6-17-25(22)3/h4-15,17,23-24H,16,18H2,1-3H3/q+1/b9-8+,15-14-,19-4-. The molecule has 0 spiro atoms. The maximum atomic E-state index is 3.48. The number of allylic oxidation sites excluding steroid dienone is 4. The molecule has 0 aliphatic heterocycles. The molecule has 2 N–H and O–H groups in total. The maximum absolute atomic E-state index is 3.48. The van der Waals surface area contributed by atoms with Crippen LogP contribution < -0.4 is 15.2 Å². The first-order chi connectivity index (χ1) is 12.7. The van der Waals surface area contributed by atoms with Gasteiger partial charge in [-0.3, -0.25) is 0 Å². The summed E-state index contributed by atoms with van der Waals surface area (Å²) < 4.78 is 2.15. The number of pyridine rings is 1. The van der Waals surface area contributed by atoms with Crippen LogP contribution in [0.4, 0.5) is 5.69 Å². The fraction of sp³-hybridized carbons (Fsp3) is 0.227. The fourth-order valence-electron chi connectivity index (χ4n) is 2.34. The summed E-state index contributed by atoms with van der Waals surface area (Å²) in [5.74, 6) is 1.03. The Morgan fingerprint density at radius 1 is 1.12 bits per heavy atom. The molecule has 0 radical (unpaired) electrons. The number of anilines is 1. The summed E-state index contributed by atoms with van der Waals surface area (Å²) in [6, 6.07) is 14.8. The van der Waals surface area contributed by atoms with Crippen molar-refractivity contribution < 1.29 is 4.57 Å². The predicted molar refractivity (Wildman–Crippen MR) is 114 cm³/mol. The number of rotatable bonds is 9. The van der Waals surface area contributed by atoms with Gasteiger partial charge in [-0.1, -0.05) is 42.1 Å². The van der Waals surface area contributed by atoms with Crippen LogP contribution in [0.3, 0.4) is 0 Å². The Hall–Kier alpha value is -2.46. The van der Waals surface area contributed by atoms with Crippen LogP contribution in [0.15, 0.2) is 83.7 Å². The van der Waals surface area contributed by atoms with Crippen molar-refractivity contribution in [2.75, 3.05) is 24.7 Å². The topological polar surface area (TPSA) is 27.9 Å². The average molecular weight is 367 g/mol. The van der Waals surface area contributed by atoms with Gasteiger partial charge in [-0.25, -0.2) is 0 Å². The van der Waals surface area contributed by atoms with Crippen LogP contribution in [-0.4, -0.2) is 19.3 Å². The molecule has 2 rings (SSSR count). The van der Waals surface area contributed by atoms with Crippen LogP contribution >= 0.6 is 11.8 Å². The lowest BCUT2D eigenvalue weighted by Crippen LogP contribution is -2.30. The van der Waals surface area contributed by atoms with E-state index in [2.05, 4.69) is 95.2 Å². The average Bonchev–Trinajstić information content (AvgIpc) is 2.67. The van der Waals surface area contributed by atoms with Crippen LogP contribution in [0.25, 0.3) is 6.08 Å². The second-order valence-electron chi connectivity index (χ2n) is 5.79. The number of benzene rings is 1. The molecule has 0 aliphatic carbocycles. The number of hydrogen-bond acceptors (Lipinski definition) is 3. The Kier molecular flexibility index (Phi) is 8.56. The van der Waals surface area contributed by atoms with Crippen LogP contribution in [0.5, 0.6) is 0 Å². The van der Waals surface area contributed by atoms with Crippen molar-refractivity contribution in [3.63, 3.8) is 0 Å². The van der Waals surface area contributed by atoms with Gasteiger partial charge in [-0.05, 0) is 48.5 Å². The number of nitrogens with one attached hydrogen (secondary N) is 2. The smallest absolute Gasteiger partial charge is 0.239 e. The van der Waals surface area contributed by atoms with Crippen molar-refractivity contribution in [2.24, 2.45) is 7.05 Å². The summed E-state index contributed by atoms with van der Waals surface area (Å²) >= 11 is 1.86. The molecule has 0 aliphatic rings. The number of aryl methyl sites for hydroxylation is 1. The van der Waals surface area contributed by atoms with Crippen LogP contribution in [0.2, 0.25) is 0 Å². The zero-order valence-electron chi connectivity index (χ0n) is 15.8.